The lowest BCUT2D eigenvalue weighted by Gasteiger charge is -2.25. The predicted octanol–water partition coefficient (Wildman–Crippen LogP) is 3.76. The van der Waals surface area contributed by atoms with Gasteiger partial charge in [-0.05, 0) is 45.7 Å². The fourth-order valence-corrected chi connectivity index (χ4v) is 4.80. The van der Waals surface area contributed by atoms with E-state index >= 15 is 0 Å². The fraction of sp³-hybridized carbons (Fsp3) is 0.391. The molecule has 0 amide bonds. The van der Waals surface area contributed by atoms with Crippen molar-refractivity contribution in [3.8, 4) is 5.69 Å². The van der Waals surface area contributed by atoms with E-state index in [0.29, 0.717) is 24.2 Å². The zero-order valence-corrected chi connectivity index (χ0v) is 20.3. The third kappa shape index (κ3) is 4.85. The molecule has 11 heteroatoms. The SMILES string of the molecule is Cc1cnc(C(OC(C)C)C(C)S(=O)(=O)Nc2nnc3n2-c2c(F)cccc2C=CCC3)nc1. The van der Waals surface area contributed by atoms with Gasteiger partial charge in [0.1, 0.15) is 23.0 Å². The highest BCUT2D eigenvalue weighted by Gasteiger charge is 2.36. The molecule has 2 aromatic heterocycles. The number of hydrogen-bond donors (Lipinski definition) is 1. The Balaban J connectivity index is 1.73. The van der Waals surface area contributed by atoms with E-state index in [1.54, 1.807) is 24.5 Å². The van der Waals surface area contributed by atoms with Crippen LogP contribution in [0.15, 0.2) is 36.7 Å². The lowest BCUT2D eigenvalue weighted by Crippen LogP contribution is -2.35. The Morgan fingerprint density at radius 2 is 1.88 bits per heavy atom. The molecule has 0 fully saturated rings. The van der Waals surface area contributed by atoms with Gasteiger partial charge in [-0.3, -0.25) is 9.29 Å². The minimum atomic E-state index is -4.08. The maximum absolute atomic E-state index is 14.9. The number of aromatic nitrogens is 5. The van der Waals surface area contributed by atoms with E-state index in [1.165, 1.54) is 17.6 Å². The van der Waals surface area contributed by atoms with E-state index in [9.17, 15) is 12.8 Å². The molecule has 4 rings (SSSR count). The maximum Gasteiger partial charge on any atom is 0.243 e. The molecule has 0 radical (unpaired) electrons. The van der Waals surface area contributed by atoms with Crippen LogP contribution in [-0.4, -0.2) is 44.5 Å². The maximum atomic E-state index is 14.9. The van der Waals surface area contributed by atoms with Gasteiger partial charge in [-0.1, -0.05) is 24.3 Å². The highest BCUT2D eigenvalue weighted by atomic mass is 32.2. The summed E-state index contributed by atoms with van der Waals surface area (Å²) in [4.78, 5) is 8.56. The second-order valence-electron chi connectivity index (χ2n) is 8.47. The van der Waals surface area contributed by atoms with Crippen LogP contribution in [0.2, 0.25) is 0 Å². The number of nitrogens with one attached hydrogen (secondary N) is 1. The van der Waals surface area contributed by atoms with Crippen molar-refractivity contribution in [1.82, 2.24) is 24.7 Å². The number of aryl methyl sites for hydroxylation is 2. The number of para-hydroxylation sites is 1. The van der Waals surface area contributed by atoms with Gasteiger partial charge < -0.3 is 4.74 Å². The Kier molecular flexibility index (Phi) is 6.76. The van der Waals surface area contributed by atoms with Crippen molar-refractivity contribution in [2.24, 2.45) is 0 Å². The lowest BCUT2D eigenvalue weighted by molar-refractivity contribution is 0.00152. The van der Waals surface area contributed by atoms with Gasteiger partial charge in [0.05, 0.1) is 11.8 Å². The van der Waals surface area contributed by atoms with Crippen molar-refractivity contribution < 1.29 is 17.5 Å². The van der Waals surface area contributed by atoms with Gasteiger partial charge in [0.2, 0.25) is 16.0 Å². The van der Waals surface area contributed by atoms with Crippen molar-refractivity contribution >= 4 is 22.0 Å². The third-order valence-electron chi connectivity index (χ3n) is 5.43. The number of benzene rings is 1. The topological polar surface area (TPSA) is 112 Å². The monoisotopic (exact) mass is 486 g/mol. The second-order valence-corrected chi connectivity index (χ2v) is 10.5. The largest absolute Gasteiger partial charge is 0.366 e. The molecular weight excluding hydrogens is 459 g/mol. The number of halogens is 1. The summed E-state index contributed by atoms with van der Waals surface area (Å²) in [7, 11) is -4.08. The molecule has 9 nitrogen and oxygen atoms in total. The van der Waals surface area contributed by atoms with E-state index in [4.69, 9.17) is 4.74 Å². The summed E-state index contributed by atoms with van der Waals surface area (Å²) in [5.74, 6) is 0.123. The van der Waals surface area contributed by atoms with E-state index in [-0.39, 0.29) is 23.6 Å². The summed E-state index contributed by atoms with van der Waals surface area (Å²) in [6.45, 7) is 6.97. The van der Waals surface area contributed by atoms with Crippen molar-refractivity contribution in [2.45, 2.75) is 58.0 Å². The summed E-state index contributed by atoms with van der Waals surface area (Å²) < 4.78 is 51.7. The van der Waals surface area contributed by atoms with Crippen molar-refractivity contribution in [1.29, 1.82) is 0 Å². The molecule has 0 aliphatic carbocycles. The first-order valence-electron chi connectivity index (χ1n) is 11.0. The molecule has 2 unspecified atom stereocenters. The molecule has 0 saturated carbocycles. The van der Waals surface area contributed by atoms with Crippen LogP contribution in [0.4, 0.5) is 10.3 Å². The van der Waals surface area contributed by atoms with Crippen LogP contribution in [0, 0.1) is 12.7 Å². The highest BCUT2D eigenvalue weighted by molar-refractivity contribution is 7.93. The van der Waals surface area contributed by atoms with E-state index in [0.717, 1.165) is 5.56 Å². The number of allylic oxidation sites excluding steroid dienone is 1. The first kappa shape index (κ1) is 24.0. The molecule has 2 atom stereocenters. The Morgan fingerprint density at radius 3 is 2.59 bits per heavy atom. The van der Waals surface area contributed by atoms with Crippen LogP contribution >= 0.6 is 0 Å². The Hall–Kier alpha value is -3.18. The van der Waals surface area contributed by atoms with Crippen LogP contribution in [-0.2, 0) is 21.2 Å². The molecule has 3 aromatic rings. The van der Waals surface area contributed by atoms with E-state index in [2.05, 4.69) is 24.9 Å². The van der Waals surface area contributed by atoms with Crippen molar-refractivity contribution in [3.63, 3.8) is 0 Å². The van der Waals surface area contributed by atoms with Gasteiger partial charge in [0.25, 0.3) is 0 Å². The summed E-state index contributed by atoms with van der Waals surface area (Å²) in [6.07, 6.45) is 6.90. The average molecular weight is 487 g/mol. The molecule has 1 aliphatic heterocycles. The van der Waals surface area contributed by atoms with Gasteiger partial charge in [-0.15, -0.1) is 10.2 Å². The van der Waals surface area contributed by atoms with Crippen LogP contribution in [0.5, 0.6) is 0 Å². The van der Waals surface area contributed by atoms with Crippen LogP contribution in [0.3, 0.4) is 0 Å². The fourth-order valence-electron chi connectivity index (χ4n) is 3.71. The highest BCUT2D eigenvalue weighted by Crippen LogP contribution is 2.30. The predicted molar refractivity (Wildman–Crippen MR) is 126 cm³/mol. The quantitative estimate of drug-likeness (QED) is 0.541. The van der Waals surface area contributed by atoms with Gasteiger partial charge in [-0.25, -0.2) is 22.8 Å². The first-order chi connectivity index (χ1) is 16.2. The third-order valence-corrected chi connectivity index (χ3v) is 7.12. The number of rotatable bonds is 7. The Bertz CT molecular complexity index is 1300. The molecule has 1 aliphatic rings. The van der Waals surface area contributed by atoms with Crippen LogP contribution in [0.25, 0.3) is 11.8 Å². The minimum absolute atomic E-state index is 0.0865. The number of anilines is 1. The average Bonchev–Trinajstić information content (AvgIpc) is 3.13. The number of sulfonamides is 1. The number of hydrogen-bond acceptors (Lipinski definition) is 7. The second kappa shape index (κ2) is 9.59. The smallest absolute Gasteiger partial charge is 0.243 e. The molecule has 1 N–H and O–H groups in total. The summed E-state index contributed by atoms with van der Waals surface area (Å²) >= 11 is 0. The molecule has 0 saturated heterocycles. The summed E-state index contributed by atoms with van der Waals surface area (Å²) in [6, 6.07) is 4.68. The molecule has 34 heavy (non-hydrogen) atoms. The van der Waals surface area contributed by atoms with E-state index in [1.807, 2.05) is 32.9 Å². The zero-order valence-electron chi connectivity index (χ0n) is 19.4. The molecular formula is C23H27FN6O3S. The number of nitrogens with zero attached hydrogens (tertiary/aromatic N) is 5. The lowest BCUT2D eigenvalue weighted by atomic mass is 10.1. The van der Waals surface area contributed by atoms with Gasteiger partial charge >= 0.3 is 0 Å². The molecule has 1 aromatic carbocycles. The van der Waals surface area contributed by atoms with Crippen molar-refractivity contribution in [2.75, 3.05) is 4.72 Å². The van der Waals surface area contributed by atoms with Gasteiger partial charge in [0.15, 0.2) is 5.82 Å². The Labute approximate surface area is 198 Å². The number of ether oxygens (including phenoxy) is 1. The van der Waals surface area contributed by atoms with Gasteiger partial charge in [0, 0.05) is 24.4 Å². The summed E-state index contributed by atoms with van der Waals surface area (Å²) in [5, 5.41) is 7.10. The van der Waals surface area contributed by atoms with Gasteiger partial charge in [-0.2, -0.15) is 0 Å². The van der Waals surface area contributed by atoms with Crippen LogP contribution in [0.1, 0.15) is 56.1 Å². The molecule has 180 valence electrons. The van der Waals surface area contributed by atoms with Crippen molar-refractivity contribution in [3.05, 3.63) is 65.3 Å². The Morgan fingerprint density at radius 1 is 1.15 bits per heavy atom. The van der Waals surface area contributed by atoms with Crippen LogP contribution < -0.4 is 4.72 Å². The standard InChI is InChI=1S/C23H27FN6O3S/c1-14(2)33-21(22-25-12-15(3)13-26-22)16(4)34(31,32)29-23-28-27-19-11-6-5-8-17-9-7-10-18(24)20(17)30(19)23/h5,7-10,12-14,16,21H,6,11H2,1-4H3,(H,28,29). The van der Waals surface area contributed by atoms with E-state index < -0.39 is 27.2 Å². The zero-order chi connectivity index (χ0) is 24.5. The first-order valence-corrected chi connectivity index (χ1v) is 12.6. The number of fused-ring (bicyclic) bond motifs is 3. The minimum Gasteiger partial charge on any atom is -0.366 e. The molecule has 0 bridgehead atoms. The normalized spacial score (nSPS) is 15.2. The molecule has 0 spiro atoms. The summed E-state index contributed by atoms with van der Waals surface area (Å²) in [5.41, 5.74) is 1.64. The molecule has 3 heterocycles.